The van der Waals surface area contributed by atoms with Crippen LogP contribution >= 0.6 is 0 Å². The lowest BCUT2D eigenvalue weighted by Crippen LogP contribution is -2.43. The number of hydrogen-bond donors (Lipinski definition) is 2. The lowest BCUT2D eigenvalue weighted by Gasteiger charge is -2.26. The second-order valence-electron chi connectivity index (χ2n) is 6.25. The Morgan fingerprint density at radius 1 is 1.39 bits per heavy atom. The molecule has 1 amide bonds. The zero-order chi connectivity index (χ0) is 16.2. The number of nitrogens with two attached hydrogens (primary N) is 1. The van der Waals surface area contributed by atoms with Crippen LogP contribution in [0, 0.1) is 5.92 Å². The van der Waals surface area contributed by atoms with Crippen LogP contribution < -0.4 is 11.1 Å². The third-order valence-electron chi connectivity index (χ3n) is 4.58. The van der Waals surface area contributed by atoms with Crippen molar-refractivity contribution in [3.8, 4) is 0 Å². The Hall–Kier alpha value is -1.85. The molecule has 0 aliphatic carbocycles. The van der Waals surface area contributed by atoms with Gasteiger partial charge in [-0.25, -0.2) is 0 Å². The summed E-state index contributed by atoms with van der Waals surface area (Å²) in [6.45, 7) is 4.56. The van der Waals surface area contributed by atoms with Gasteiger partial charge in [-0.1, -0.05) is 6.92 Å². The molecule has 1 aromatic carbocycles. The summed E-state index contributed by atoms with van der Waals surface area (Å²) >= 11 is 0. The number of ether oxygens (including phenoxy) is 1. The van der Waals surface area contributed by atoms with Crippen molar-refractivity contribution in [3.63, 3.8) is 0 Å². The minimum atomic E-state index is -0.473. The van der Waals surface area contributed by atoms with Gasteiger partial charge in [-0.05, 0) is 49.4 Å². The van der Waals surface area contributed by atoms with Gasteiger partial charge in [0.25, 0.3) is 0 Å². The van der Waals surface area contributed by atoms with Gasteiger partial charge in [0.05, 0.1) is 6.04 Å². The van der Waals surface area contributed by atoms with Crippen LogP contribution in [0.3, 0.4) is 0 Å². The van der Waals surface area contributed by atoms with Gasteiger partial charge in [-0.2, -0.15) is 0 Å². The van der Waals surface area contributed by atoms with Gasteiger partial charge in [0.1, 0.15) is 0 Å². The van der Waals surface area contributed by atoms with E-state index in [1.807, 2.05) is 12.1 Å². The van der Waals surface area contributed by atoms with Crippen molar-refractivity contribution in [2.24, 2.45) is 11.7 Å². The fourth-order valence-electron chi connectivity index (χ4n) is 3.23. The smallest absolute Gasteiger partial charge is 0.241 e. The summed E-state index contributed by atoms with van der Waals surface area (Å²) in [5.41, 5.74) is 8.12. The average molecular weight is 315 g/mol. The van der Waals surface area contributed by atoms with Gasteiger partial charge in [-0.3, -0.25) is 4.79 Å². The Balaban J connectivity index is 1.69. The molecule has 0 radical (unpaired) electrons. The molecule has 1 saturated heterocycles. The monoisotopic (exact) mass is 315 g/mol. The van der Waals surface area contributed by atoms with Crippen LogP contribution in [0.2, 0.25) is 0 Å². The predicted octanol–water partition coefficient (Wildman–Crippen LogP) is 2.74. The van der Waals surface area contributed by atoms with Crippen LogP contribution in [0.1, 0.15) is 26.2 Å². The fraction of sp³-hybridized carbons (Fsp3) is 0.500. The molecule has 1 aromatic heterocycles. The molecule has 23 heavy (non-hydrogen) atoms. The molecular formula is C18H25N3O2. The van der Waals surface area contributed by atoms with Crippen molar-refractivity contribution < 1.29 is 9.53 Å². The lowest BCUT2D eigenvalue weighted by atomic mass is 9.92. The van der Waals surface area contributed by atoms with Gasteiger partial charge in [0.2, 0.25) is 5.91 Å². The van der Waals surface area contributed by atoms with Crippen molar-refractivity contribution in [1.82, 2.24) is 4.57 Å². The number of aromatic nitrogens is 1. The summed E-state index contributed by atoms with van der Waals surface area (Å²) < 4.78 is 7.56. The second kappa shape index (κ2) is 7.15. The molecule has 3 rings (SSSR count). The Labute approximate surface area is 136 Å². The summed E-state index contributed by atoms with van der Waals surface area (Å²) in [7, 11) is 0. The highest BCUT2D eigenvalue weighted by Crippen LogP contribution is 2.22. The number of nitrogens with one attached hydrogen (secondary N) is 1. The molecule has 124 valence electrons. The lowest BCUT2D eigenvalue weighted by molar-refractivity contribution is -0.119. The third kappa shape index (κ3) is 3.57. The van der Waals surface area contributed by atoms with Crippen LogP contribution in [-0.2, 0) is 16.1 Å². The number of aryl methyl sites for hydroxylation is 1. The number of anilines is 1. The number of benzene rings is 1. The molecule has 0 bridgehead atoms. The molecule has 2 heterocycles. The van der Waals surface area contributed by atoms with E-state index in [0.717, 1.165) is 36.9 Å². The zero-order valence-corrected chi connectivity index (χ0v) is 13.6. The Morgan fingerprint density at radius 2 is 2.17 bits per heavy atom. The summed E-state index contributed by atoms with van der Waals surface area (Å²) in [6, 6.07) is 7.62. The van der Waals surface area contributed by atoms with Crippen molar-refractivity contribution in [2.75, 3.05) is 18.5 Å². The first-order valence-electron chi connectivity index (χ1n) is 8.42. The highest BCUT2D eigenvalue weighted by molar-refractivity contribution is 5.97. The molecule has 1 aliphatic rings. The molecule has 1 atom stereocenters. The second-order valence-corrected chi connectivity index (χ2v) is 6.25. The molecule has 1 unspecified atom stereocenters. The van der Waals surface area contributed by atoms with E-state index in [0.29, 0.717) is 13.2 Å². The highest BCUT2D eigenvalue weighted by Gasteiger charge is 2.26. The van der Waals surface area contributed by atoms with E-state index in [-0.39, 0.29) is 11.8 Å². The number of rotatable bonds is 5. The summed E-state index contributed by atoms with van der Waals surface area (Å²) in [5, 5.41) is 4.09. The molecule has 5 heteroatoms. The number of hydrogen-bond acceptors (Lipinski definition) is 3. The zero-order valence-electron chi connectivity index (χ0n) is 13.6. The van der Waals surface area contributed by atoms with Crippen molar-refractivity contribution in [1.29, 1.82) is 0 Å². The Bertz CT molecular complexity index is 674. The van der Waals surface area contributed by atoms with Crippen LogP contribution in [-0.4, -0.2) is 29.7 Å². The van der Waals surface area contributed by atoms with Crippen LogP contribution in [0.5, 0.6) is 0 Å². The third-order valence-corrected chi connectivity index (χ3v) is 4.58. The van der Waals surface area contributed by atoms with Crippen LogP contribution in [0.25, 0.3) is 10.9 Å². The van der Waals surface area contributed by atoms with Crippen LogP contribution in [0.15, 0.2) is 30.5 Å². The predicted molar refractivity (Wildman–Crippen MR) is 92.4 cm³/mol. The van der Waals surface area contributed by atoms with E-state index in [1.54, 1.807) is 0 Å². The molecule has 1 aliphatic heterocycles. The number of amides is 1. The van der Waals surface area contributed by atoms with Gasteiger partial charge in [0, 0.05) is 42.5 Å². The normalized spacial score (nSPS) is 17.3. The molecule has 0 saturated carbocycles. The van der Waals surface area contributed by atoms with Gasteiger partial charge in [-0.15, -0.1) is 0 Å². The fourth-order valence-corrected chi connectivity index (χ4v) is 3.23. The first kappa shape index (κ1) is 16.0. The van der Waals surface area contributed by atoms with E-state index in [1.165, 1.54) is 5.52 Å². The SMILES string of the molecule is CCCn1ccc2cc(NC(=O)C(N)C3CCOCC3)ccc21. The van der Waals surface area contributed by atoms with Gasteiger partial charge >= 0.3 is 0 Å². The largest absolute Gasteiger partial charge is 0.381 e. The standard InChI is InChI=1S/C18H25N3O2/c1-2-8-21-9-5-14-12-15(3-4-16(14)21)20-18(22)17(19)13-6-10-23-11-7-13/h3-5,9,12-13,17H,2,6-8,10-11,19H2,1H3,(H,20,22). The highest BCUT2D eigenvalue weighted by atomic mass is 16.5. The number of carbonyl (C=O) groups excluding carboxylic acids is 1. The van der Waals surface area contributed by atoms with Crippen molar-refractivity contribution in [2.45, 2.75) is 38.8 Å². The first-order valence-corrected chi connectivity index (χ1v) is 8.42. The Morgan fingerprint density at radius 3 is 2.91 bits per heavy atom. The van der Waals surface area contributed by atoms with Crippen molar-refractivity contribution in [3.05, 3.63) is 30.5 Å². The first-order chi connectivity index (χ1) is 11.2. The average Bonchev–Trinajstić information content (AvgIpc) is 2.97. The molecule has 3 N–H and O–H groups in total. The molecular weight excluding hydrogens is 290 g/mol. The van der Waals surface area contributed by atoms with Crippen molar-refractivity contribution >= 4 is 22.5 Å². The summed E-state index contributed by atoms with van der Waals surface area (Å²) in [4.78, 5) is 12.4. The molecule has 1 fully saturated rings. The van der Waals surface area contributed by atoms with E-state index in [2.05, 4.69) is 35.1 Å². The number of fused-ring (bicyclic) bond motifs is 1. The van der Waals surface area contributed by atoms with Gasteiger partial charge in [0.15, 0.2) is 0 Å². The summed E-state index contributed by atoms with van der Waals surface area (Å²) in [5.74, 6) is 0.0994. The maximum Gasteiger partial charge on any atom is 0.241 e. The minimum Gasteiger partial charge on any atom is -0.381 e. The number of nitrogens with zero attached hydrogens (tertiary/aromatic N) is 1. The van der Waals surface area contributed by atoms with E-state index in [9.17, 15) is 4.79 Å². The van der Waals surface area contributed by atoms with Crippen LogP contribution in [0.4, 0.5) is 5.69 Å². The van der Waals surface area contributed by atoms with E-state index in [4.69, 9.17) is 10.5 Å². The molecule has 5 nitrogen and oxygen atoms in total. The van der Waals surface area contributed by atoms with Gasteiger partial charge < -0.3 is 20.4 Å². The topological polar surface area (TPSA) is 69.3 Å². The molecule has 2 aromatic rings. The van der Waals surface area contributed by atoms with E-state index < -0.39 is 6.04 Å². The summed E-state index contributed by atoms with van der Waals surface area (Å²) in [6.07, 6.45) is 4.90. The maximum atomic E-state index is 12.4. The quantitative estimate of drug-likeness (QED) is 0.891. The van der Waals surface area contributed by atoms with E-state index >= 15 is 0 Å². The Kier molecular flexibility index (Phi) is 4.98. The number of carbonyl (C=O) groups is 1. The maximum absolute atomic E-state index is 12.4. The minimum absolute atomic E-state index is 0.107. The molecule has 0 spiro atoms.